The van der Waals surface area contributed by atoms with Crippen LogP contribution in [-0.2, 0) is 14.9 Å². The highest BCUT2D eigenvalue weighted by molar-refractivity contribution is 5.82. The fourth-order valence-electron chi connectivity index (χ4n) is 5.30. The van der Waals surface area contributed by atoms with Gasteiger partial charge in [0.1, 0.15) is 6.61 Å². The van der Waals surface area contributed by atoms with E-state index in [1.54, 1.807) is 0 Å². The Labute approximate surface area is 147 Å². The molecular weight excluding hydrogens is 316 g/mol. The fourth-order valence-corrected chi connectivity index (χ4v) is 5.30. The van der Waals surface area contributed by atoms with Crippen LogP contribution in [0.4, 0.5) is 4.79 Å². The Morgan fingerprint density at radius 3 is 2.84 bits per heavy atom. The van der Waals surface area contributed by atoms with Crippen molar-refractivity contribution in [2.45, 2.75) is 43.6 Å². The number of carbonyl (C=O) groups excluding carboxylic acids is 2. The molecule has 5 nitrogen and oxygen atoms in total. The van der Waals surface area contributed by atoms with Crippen molar-refractivity contribution in [3.05, 3.63) is 35.4 Å². The third-order valence-electron chi connectivity index (χ3n) is 6.88. The minimum absolute atomic E-state index is 0.0484. The minimum atomic E-state index is -0.343. The lowest BCUT2D eigenvalue weighted by atomic mass is 9.68. The van der Waals surface area contributed by atoms with Crippen LogP contribution < -0.4 is 5.32 Å². The lowest BCUT2D eigenvalue weighted by Gasteiger charge is -2.44. The molecule has 2 atom stereocenters. The topological polar surface area (TPSA) is 58.6 Å². The first kappa shape index (κ1) is 15.2. The van der Waals surface area contributed by atoms with E-state index in [4.69, 9.17) is 4.74 Å². The van der Waals surface area contributed by atoms with Gasteiger partial charge in [0.2, 0.25) is 5.91 Å². The SMILES string of the molecule is Cc1cccc([C@]23CCN(C(=O)[C@H]4C[C@]5(COC(=O)N5)C4)C[C@H]2C3)c1. The second kappa shape index (κ2) is 4.99. The van der Waals surface area contributed by atoms with Crippen LogP contribution in [0.25, 0.3) is 0 Å². The van der Waals surface area contributed by atoms with Crippen LogP contribution in [0, 0.1) is 18.8 Å². The quantitative estimate of drug-likeness (QED) is 0.899. The zero-order valence-corrected chi connectivity index (χ0v) is 14.6. The molecule has 2 heterocycles. The van der Waals surface area contributed by atoms with E-state index in [9.17, 15) is 9.59 Å². The smallest absolute Gasteiger partial charge is 0.407 e. The van der Waals surface area contributed by atoms with Crippen molar-refractivity contribution in [3.63, 3.8) is 0 Å². The number of fused-ring (bicyclic) bond motifs is 1. The molecule has 1 spiro atoms. The van der Waals surface area contributed by atoms with E-state index in [1.165, 1.54) is 17.5 Å². The molecule has 0 bridgehead atoms. The van der Waals surface area contributed by atoms with Gasteiger partial charge in [0, 0.05) is 24.4 Å². The number of nitrogens with zero attached hydrogens (tertiary/aromatic N) is 1. The molecule has 2 aliphatic heterocycles. The number of amides is 2. The summed E-state index contributed by atoms with van der Waals surface area (Å²) in [4.78, 5) is 26.1. The molecule has 132 valence electrons. The summed E-state index contributed by atoms with van der Waals surface area (Å²) in [5.74, 6) is 0.930. The third kappa shape index (κ3) is 2.28. The molecule has 5 rings (SSSR count). The highest BCUT2D eigenvalue weighted by atomic mass is 16.6. The number of carbonyl (C=O) groups is 2. The fraction of sp³-hybridized carbons (Fsp3) is 0.600. The molecule has 2 saturated heterocycles. The Balaban J connectivity index is 1.22. The number of ether oxygens (including phenoxy) is 1. The first-order valence-electron chi connectivity index (χ1n) is 9.31. The molecule has 25 heavy (non-hydrogen) atoms. The first-order chi connectivity index (χ1) is 12.0. The Bertz CT molecular complexity index is 755. The zero-order chi connectivity index (χ0) is 17.2. The number of aryl methyl sites for hydroxylation is 1. The number of benzene rings is 1. The molecule has 1 aromatic carbocycles. The van der Waals surface area contributed by atoms with Gasteiger partial charge in [-0.2, -0.15) is 0 Å². The van der Waals surface area contributed by atoms with E-state index in [-0.39, 0.29) is 23.5 Å². The molecule has 4 aliphatic rings. The van der Waals surface area contributed by atoms with Gasteiger partial charge in [-0.25, -0.2) is 4.79 Å². The number of hydrogen-bond donors (Lipinski definition) is 1. The predicted octanol–water partition coefficient (Wildman–Crippen LogP) is 2.37. The maximum Gasteiger partial charge on any atom is 0.407 e. The van der Waals surface area contributed by atoms with E-state index in [1.807, 2.05) is 0 Å². The van der Waals surface area contributed by atoms with Gasteiger partial charge >= 0.3 is 6.09 Å². The average molecular weight is 340 g/mol. The number of likely N-dealkylation sites (tertiary alicyclic amines) is 1. The Hall–Kier alpha value is -2.04. The molecule has 4 fully saturated rings. The van der Waals surface area contributed by atoms with Gasteiger partial charge in [-0.3, -0.25) is 4.79 Å². The van der Waals surface area contributed by atoms with E-state index < -0.39 is 0 Å². The van der Waals surface area contributed by atoms with Crippen molar-refractivity contribution < 1.29 is 14.3 Å². The second-order valence-corrected chi connectivity index (χ2v) is 8.55. The number of piperidine rings is 1. The van der Waals surface area contributed by atoms with Crippen LogP contribution in [0.1, 0.15) is 36.8 Å². The number of hydrogen-bond acceptors (Lipinski definition) is 3. The normalized spacial score (nSPS) is 38.6. The largest absolute Gasteiger partial charge is 0.447 e. The van der Waals surface area contributed by atoms with E-state index in [2.05, 4.69) is 41.4 Å². The van der Waals surface area contributed by atoms with Gasteiger partial charge in [-0.1, -0.05) is 29.8 Å². The molecule has 2 aliphatic carbocycles. The Kier molecular flexibility index (Phi) is 3.04. The molecule has 5 heteroatoms. The summed E-state index contributed by atoms with van der Waals surface area (Å²) in [6.45, 7) is 4.30. The van der Waals surface area contributed by atoms with Gasteiger partial charge in [-0.05, 0) is 44.1 Å². The first-order valence-corrected chi connectivity index (χ1v) is 9.31. The van der Waals surface area contributed by atoms with Crippen molar-refractivity contribution in [1.29, 1.82) is 0 Å². The van der Waals surface area contributed by atoms with Crippen molar-refractivity contribution in [2.24, 2.45) is 11.8 Å². The minimum Gasteiger partial charge on any atom is -0.447 e. The molecule has 0 radical (unpaired) electrons. The summed E-state index contributed by atoms with van der Waals surface area (Å²) < 4.78 is 5.00. The summed E-state index contributed by atoms with van der Waals surface area (Å²) in [5.41, 5.74) is 2.82. The summed E-state index contributed by atoms with van der Waals surface area (Å²) in [7, 11) is 0. The van der Waals surface area contributed by atoms with Crippen LogP contribution in [0.3, 0.4) is 0 Å². The van der Waals surface area contributed by atoms with Crippen LogP contribution >= 0.6 is 0 Å². The maximum atomic E-state index is 12.8. The molecule has 2 amide bonds. The van der Waals surface area contributed by atoms with Gasteiger partial charge in [0.05, 0.1) is 5.54 Å². The predicted molar refractivity (Wildman–Crippen MR) is 92.1 cm³/mol. The molecule has 1 aromatic rings. The molecule has 2 saturated carbocycles. The number of nitrogens with one attached hydrogen (secondary N) is 1. The lowest BCUT2D eigenvalue weighted by Crippen LogP contribution is -2.58. The third-order valence-corrected chi connectivity index (χ3v) is 6.88. The van der Waals surface area contributed by atoms with Crippen molar-refractivity contribution in [3.8, 4) is 0 Å². The van der Waals surface area contributed by atoms with E-state index in [0.717, 1.165) is 32.4 Å². The van der Waals surface area contributed by atoms with Gasteiger partial charge in [0.15, 0.2) is 0 Å². The highest BCUT2D eigenvalue weighted by Crippen LogP contribution is 2.59. The molecule has 0 aromatic heterocycles. The monoisotopic (exact) mass is 340 g/mol. The standard InChI is InChI=1S/C20H24N2O3/c1-13-3-2-4-15(7-13)20-5-6-22(11-16(20)10-20)17(23)14-8-19(9-14)12-25-18(24)21-19/h2-4,7,14,16H,5-6,8-12H2,1H3,(H,21,24)/t14-,16-,19+,20-/m1/s1. The van der Waals surface area contributed by atoms with Crippen LogP contribution in [0.15, 0.2) is 24.3 Å². The molecular formula is C20H24N2O3. The van der Waals surface area contributed by atoms with Crippen LogP contribution in [0.2, 0.25) is 0 Å². The molecule has 0 unspecified atom stereocenters. The van der Waals surface area contributed by atoms with Gasteiger partial charge in [0.25, 0.3) is 0 Å². The second-order valence-electron chi connectivity index (χ2n) is 8.55. The number of rotatable bonds is 2. The van der Waals surface area contributed by atoms with Crippen molar-refractivity contribution in [2.75, 3.05) is 19.7 Å². The Morgan fingerprint density at radius 1 is 1.32 bits per heavy atom. The highest BCUT2D eigenvalue weighted by Gasteiger charge is 2.59. The average Bonchev–Trinajstić information content (AvgIpc) is 3.19. The number of alkyl carbamates (subject to hydrolysis) is 1. The lowest BCUT2D eigenvalue weighted by molar-refractivity contribution is -0.142. The summed E-state index contributed by atoms with van der Waals surface area (Å²) in [6, 6.07) is 8.87. The van der Waals surface area contributed by atoms with Crippen molar-refractivity contribution in [1.82, 2.24) is 10.2 Å². The number of cyclic esters (lactones) is 1. The summed E-state index contributed by atoms with van der Waals surface area (Å²) in [5, 5.41) is 2.87. The Morgan fingerprint density at radius 2 is 2.16 bits per heavy atom. The zero-order valence-electron chi connectivity index (χ0n) is 14.6. The summed E-state index contributed by atoms with van der Waals surface area (Å²) in [6.07, 6.45) is 3.39. The van der Waals surface area contributed by atoms with E-state index in [0.29, 0.717) is 17.9 Å². The van der Waals surface area contributed by atoms with E-state index >= 15 is 0 Å². The maximum absolute atomic E-state index is 12.8. The summed E-state index contributed by atoms with van der Waals surface area (Å²) >= 11 is 0. The van der Waals surface area contributed by atoms with Crippen LogP contribution in [-0.4, -0.2) is 42.1 Å². The molecule has 1 N–H and O–H groups in total. The van der Waals surface area contributed by atoms with Gasteiger partial charge in [-0.15, -0.1) is 0 Å². The van der Waals surface area contributed by atoms with Gasteiger partial charge < -0.3 is 15.0 Å². The van der Waals surface area contributed by atoms with Crippen molar-refractivity contribution >= 4 is 12.0 Å². The van der Waals surface area contributed by atoms with Crippen LogP contribution in [0.5, 0.6) is 0 Å².